The summed E-state index contributed by atoms with van der Waals surface area (Å²) in [5, 5.41) is 10.9. The first-order valence-corrected chi connectivity index (χ1v) is 5.38. The number of aliphatic hydroxyl groups excluding tert-OH is 1. The number of aromatic nitrogens is 1. The van der Waals surface area contributed by atoms with E-state index in [1.165, 1.54) is 0 Å². The summed E-state index contributed by atoms with van der Waals surface area (Å²) in [6.45, 7) is 3.42. The molecule has 0 amide bonds. The fraction of sp³-hybridized carbons (Fsp3) is 0.250. The molecule has 0 aliphatic heterocycles. The highest BCUT2D eigenvalue weighted by Gasteiger charge is 2.10. The highest BCUT2D eigenvalue weighted by molar-refractivity contribution is 6.32. The zero-order valence-corrected chi connectivity index (χ0v) is 9.80. The first-order valence-electron chi connectivity index (χ1n) is 5.01. The molecule has 0 saturated heterocycles. The van der Waals surface area contributed by atoms with E-state index in [9.17, 15) is 9.90 Å². The topological polar surface area (TPSA) is 53.1 Å². The molecule has 0 fully saturated rings. The Morgan fingerprint density at radius 2 is 2.12 bits per heavy atom. The lowest BCUT2D eigenvalue weighted by Gasteiger charge is -2.08. The number of pyridine rings is 1. The molecule has 2 rings (SSSR count). The molecule has 1 heterocycles. The lowest BCUT2D eigenvalue weighted by atomic mass is 10.1. The van der Waals surface area contributed by atoms with Gasteiger partial charge < -0.3 is 10.1 Å². The number of H-pyrrole nitrogens is 1. The maximum absolute atomic E-state index is 11.7. The van der Waals surface area contributed by atoms with E-state index in [1.807, 2.05) is 13.0 Å². The van der Waals surface area contributed by atoms with Gasteiger partial charge in [0.1, 0.15) is 0 Å². The van der Waals surface area contributed by atoms with Gasteiger partial charge in [-0.1, -0.05) is 17.7 Å². The van der Waals surface area contributed by atoms with E-state index in [4.69, 9.17) is 11.6 Å². The maximum atomic E-state index is 11.7. The highest BCUT2D eigenvalue weighted by Crippen LogP contribution is 2.24. The molecule has 0 bridgehead atoms. The zero-order chi connectivity index (χ0) is 11.9. The Hall–Kier alpha value is -1.32. The van der Waals surface area contributed by atoms with Crippen LogP contribution in [0.5, 0.6) is 0 Å². The van der Waals surface area contributed by atoms with Crippen molar-refractivity contribution >= 4 is 22.5 Å². The minimum atomic E-state index is -0.774. The van der Waals surface area contributed by atoms with Gasteiger partial charge in [-0.05, 0) is 36.9 Å². The summed E-state index contributed by atoms with van der Waals surface area (Å²) in [5.41, 5.74) is 1.66. The van der Waals surface area contributed by atoms with Gasteiger partial charge in [-0.3, -0.25) is 4.79 Å². The quantitative estimate of drug-likeness (QED) is 0.801. The van der Waals surface area contributed by atoms with Gasteiger partial charge in [-0.2, -0.15) is 0 Å². The van der Waals surface area contributed by atoms with Crippen LogP contribution in [-0.4, -0.2) is 10.1 Å². The van der Waals surface area contributed by atoms with Crippen LogP contribution in [0.4, 0.5) is 0 Å². The fourth-order valence-corrected chi connectivity index (χ4v) is 1.88. The molecule has 1 unspecified atom stereocenters. The number of hydrogen-bond acceptors (Lipinski definition) is 2. The molecule has 1 aromatic carbocycles. The van der Waals surface area contributed by atoms with Gasteiger partial charge >= 0.3 is 0 Å². The Bertz CT molecular complexity index is 602. The number of aliphatic hydroxyl groups is 1. The normalized spacial score (nSPS) is 13.0. The number of benzene rings is 1. The second-order valence-corrected chi connectivity index (χ2v) is 4.27. The van der Waals surface area contributed by atoms with Gasteiger partial charge in [-0.15, -0.1) is 0 Å². The van der Waals surface area contributed by atoms with Crippen LogP contribution in [0.2, 0.25) is 5.02 Å². The van der Waals surface area contributed by atoms with Gasteiger partial charge in [0, 0.05) is 10.6 Å². The van der Waals surface area contributed by atoms with Gasteiger partial charge in [0.05, 0.1) is 11.6 Å². The van der Waals surface area contributed by atoms with Gasteiger partial charge in [0.15, 0.2) is 0 Å². The van der Waals surface area contributed by atoms with Crippen LogP contribution in [-0.2, 0) is 0 Å². The summed E-state index contributed by atoms with van der Waals surface area (Å²) < 4.78 is 0. The second-order valence-electron chi connectivity index (χ2n) is 3.87. The minimum absolute atomic E-state index is 0.270. The van der Waals surface area contributed by atoms with Crippen molar-refractivity contribution in [1.29, 1.82) is 0 Å². The minimum Gasteiger partial charge on any atom is -0.388 e. The molecule has 16 heavy (non-hydrogen) atoms. The van der Waals surface area contributed by atoms with E-state index in [2.05, 4.69) is 4.98 Å². The van der Waals surface area contributed by atoms with E-state index in [-0.39, 0.29) is 5.56 Å². The van der Waals surface area contributed by atoms with Crippen molar-refractivity contribution in [1.82, 2.24) is 4.98 Å². The van der Waals surface area contributed by atoms with Gasteiger partial charge in [0.25, 0.3) is 5.56 Å². The Morgan fingerprint density at radius 1 is 1.44 bits per heavy atom. The molecule has 2 N–H and O–H groups in total. The van der Waals surface area contributed by atoms with E-state index in [0.29, 0.717) is 10.6 Å². The third-order valence-electron chi connectivity index (χ3n) is 2.69. The number of halogens is 1. The van der Waals surface area contributed by atoms with Crippen molar-refractivity contribution < 1.29 is 5.11 Å². The highest BCUT2D eigenvalue weighted by atomic mass is 35.5. The summed E-state index contributed by atoms with van der Waals surface area (Å²) in [6, 6.07) is 5.30. The average Bonchev–Trinajstić information content (AvgIpc) is 2.23. The number of rotatable bonds is 1. The van der Waals surface area contributed by atoms with Crippen LogP contribution in [0, 0.1) is 6.92 Å². The third kappa shape index (κ3) is 1.72. The molecule has 0 spiro atoms. The predicted octanol–water partition coefficient (Wildman–Crippen LogP) is 2.54. The van der Waals surface area contributed by atoms with Crippen molar-refractivity contribution in [3.63, 3.8) is 0 Å². The monoisotopic (exact) mass is 237 g/mol. The molecule has 0 saturated carbocycles. The van der Waals surface area contributed by atoms with Crippen molar-refractivity contribution in [2.75, 3.05) is 0 Å². The van der Waals surface area contributed by atoms with Crippen LogP contribution < -0.4 is 5.56 Å². The molecule has 0 radical (unpaired) electrons. The summed E-state index contributed by atoms with van der Waals surface area (Å²) in [6.07, 6.45) is -0.774. The van der Waals surface area contributed by atoms with Crippen LogP contribution in [0.1, 0.15) is 24.2 Å². The number of fused-ring (bicyclic) bond motifs is 1. The second kappa shape index (κ2) is 3.92. The van der Waals surface area contributed by atoms with E-state index >= 15 is 0 Å². The largest absolute Gasteiger partial charge is 0.388 e. The van der Waals surface area contributed by atoms with Crippen molar-refractivity contribution in [3.05, 3.63) is 44.7 Å². The molecule has 1 aromatic heterocycles. The van der Waals surface area contributed by atoms with Crippen LogP contribution in [0.25, 0.3) is 10.9 Å². The first kappa shape index (κ1) is 11.2. The number of hydrogen-bond donors (Lipinski definition) is 2. The Kier molecular flexibility index (Phi) is 2.74. The Labute approximate surface area is 97.7 Å². The van der Waals surface area contributed by atoms with Crippen molar-refractivity contribution in [2.45, 2.75) is 20.0 Å². The Balaban J connectivity index is 2.84. The lowest BCUT2D eigenvalue weighted by molar-refractivity contribution is 0.198. The van der Waals surface area contributed by atoms with E-state index < -0.39 is 6.10 Å². The van der Waals surface area contributed by atoms with E-state index in [1.54, 1.807) is 19.1 Å². The lowest BCUT2D eigenvalue weighted by Crippen LogP contribution is -2.14. The van der Waals surface area contributed by atoms with Gasteiger partial charge in [-0.25, -0.2) is 0 Å². The molecule has 2 aromatic rings. The number of nitrogens with one attached hydrogen (secondary N) is 1. The molecular formula is C12H12ClNO2. The van der Waals surface area contributed by atoms with Crippen LogP contribution in [0.3, 0.4) is 0 Å². The summed E-state index contributed by atoms with van der Waals surface area (Å²) in [4.78, 5) is 14.4. The molecule has 4 heteroatoms. The maximum Gasteiger partial charge on any atom is 0.254 e. The third-order valence-corrected chi connectivity index (χ3v) is 3.10. The fourth-order valence-electron chi connectivity index (χ4n) is 1.72. The standard InChI is InChI=1S/C12H12ClNO2/c1-6-10(13)4-3-8-5-9(7(2)15)12(16)14-11(6)8/h3-5,7,15H,1-2H3,(H,14,16). The predicted molar refractivity (Wildman–Crippen MR) is 64.9 cm³/mol. The molecular weight excluding hydrogens is 226 g/mol. The number of aryl methyl sites for hydroxylation is 1. The summed E-state index contributed by atoms with van der Waals surface area (Å²) >= 11 is 5.97. The van der Waals surface area contributed by atoms with Gasteiger partial charge in [0.2, 0.25) is 0 Å². The smallest absolute Gasteiger partial charge is 0.254 e. The molecule has 0 aliphatic carbocycles. The first-order chi connectivity index (χ1) is 7.50. The van der Waals surface area contributed by atoms with Crippen LogP contribution in [0.15, 0.2) is 23.0 Å². The molecule has 84 valence electrons. The summed E-state index contributed by atoms with van der Waals surface area (Å²) in [5.74, 6) is 0. The van der Waals surface area contributed by atoms with Crippen LogP contribution >= 0.6 is 11.6 Å². The molecule has 3 nitrogen and oxygen atoms in total. The Morgan fingerprint density at radius 3 is 2.75 bits per heavy atom. The molecule has 1 atom stereocenters. The van der Waals surface area contributed by atoms with Crippen molar-refractivity contribution in [2.24, 2.45) is 0 Å². The summed E-state index contributed by atoms with van der Waals surface area (Å²) in [7, 11) is 0. The average molecular weight is 238 g/mol. The molecule has 0 aliphatic rings. The number of aromatic amines is 1. The van der Waals surface area contributed by atoms with E-state index in [0.717, 1.165) is 16.5 Å². The van der Waals surface area contributed by atoms with Crippen molar-refractivity contribution in [3.8, 4) is 0 Å². The zero-order valence-electron chi connectivity index (χ0n) is 9.04. The SMILES string of the molecule is Cc1c(Cl)ccc2cc(C(C)O)c(=O)[nH]c12.